The van der Waals surface area contributed by atoms with E-state index in [0.717, 1.165) is 14.9 Å². The smallest absolute Gasteiger partial charge is 0.0647 e. The molecule has 0 saturated carbocycles. The number of hydrogen-bond acceptors (Lipinski definition) is 2. The second kappa shape index (κ2) is 4.88. The molecule has 0 saturated heterocycles. The molecular formula is C12H11BrClNS. The van der Waals surface area contributed by atoms with E-state index in [1.54, 1.807) is 11.3 Å². The van der Waals surface area contributed by atoms with Crippen LogP contribution in [0, 0.1) is 6.92 Å². The summed E-state index contributed by atoms with van der Waals surface area (Å²) in [4.78, 5) is 2.43. The predicted octanol–water partition coefficient (Wildman–Crippen LogP) is 4.52. The zero-order valence-corrected chi connectivity index (χ0v) is 11.9. The Hall–Kier alpha value is -0.350. The van der Waals surface area contributed by atoms with Crippen LogP contribution in [0.5, 0.6) is 0 Å². The molecule has 0 bridgehead atoms. The third-order valence-electron chi connectivity index (χ3n) is 2.31. The van der Waals surface area contributed by atoms with Crippen LogP contribution in [0.3, 0.4) is 0 Å². The lowest BCUT2D eigenvalue weighted by atomic mass is 10.1. The predicted molar refractivity (Wildman–Crippen MR) is 74.2 cm³/mol. The van der Waals surface area contributed by atoms with E-state index in [4.69, 9.17) is 17.3 Å². The topological polar surface area (TPSA) is 26.0 Å². The fourth-order valence-corrected chi connectivity index (χ4v) is 3.33. The number of aryl methyl sites for hydroxylation is 1. The summed E-state index contributed by atoms with van der Waals surface area (Å²) in [6, 6.07) is 9.82. The molecule has 1 atom stereocenters. The molecule has 0 aliphatic carbocycles. The molecule has 0 spiro atoms. The largest absolute Gasteiger partial charge is 0.320 e. The highest BCUT2D eigenvalue weighted by Gasteiger charge is 2.12. The van der Waals surface area contributed by atoms with E-state index in [-0.39, 0.29) is 6.04 Å². The van der Waals surface area contributed by atoms with E-state index < -0.39 is 0 Å². The highest BCUT2D eigenvalue weighted by atomic mass is 79.9. The van der Waals surface area contributed by atoms with E-state index in [2.05, 4.69) is 35.0 Å². The number of nitrogens with two attached hydrogens (primary N) is 1. The average Bonchev–Trinajstić information content (AvgIpc) is 2.62. The molecule has 4 heteroatoms. The van der Waals surface area contributed by atoms with E-state index in [9.17, 15) is 0 Å². The standard InChI is InChI=1S/C12H11BrClNS/c1-7-2-3-11(16-7)12(15)8-4-9(13)6-10(14)5-8/h2-6,12H,15H2,1H3. The Balaban J connectivity index is 2.37. The van der Waals surface area contributed by atoms with Crippen molar-refractivity contribution in [3.8, 4) is 0 Å². The minimum absolute atomic E-state index is 0.103. The Labute approximate surface area is 112 Å². The number of thiophene rings is 1. The van der Waals surface area contributed by atoms with Gasteiger partial charge in [0.2, 0.25) is 0 Å². The second-order valence-corrected chi connectivity index (χ2v) is 6.30. The van der Waals surface area contributed by atoms with E-state index >= 15 is 0 Å². The molecule has 2 rings (SSSR count). The Morgan fingerprint density at radius 2 is 2.06 bits per heavy atom. The molecule has 1 nitrogen and oxygen atoms in total. The maximum Gasteiger partial charge on any atom is 0.0647 e. The van der Waals surface area contributed by atoms with Crippen molar-refractivity contribution in [1.82, 2.24) is 0 Å². The summed E-state index contributed by atoms with van der Waals surface area (Å²) >= 11 is 11.1. The summed E-state index contributed by atoms with van der Waals surface area (Å²) in [5, 5.41) is 0.702. The molecule has 2 aromatic rings. The van der Waals surface area contributed by atoms with Crippen LogP contribution in [0.25, 0.3) is 0 Å². The second-order valence-electron chi connectivity index (χ2n) is 3.63. The third-order valence-corrected chi connectivity index (χ3v) is 4.07. The molecule has 16 heavy (non-hydrogen) atoms. The van der Waals surface area contributed by atoms with Crippen LogP contribution in [-0.2, 0) is 0 Å². The monoisotopic (exact) mass is 315 g/mol. The van der Waals surface area contributed by atoms with Gasteiger partial charge in [-0.25, -0.2) is 0 Å². The van der Waals surface area contributed by atoms with Gasteiger partial charge in [-0.3, -0.25) is 0 Å². The van der Waals surface area contributed by atoms with Gasteiger partial charge in [-0.15, -0.1) is 11.3 Å². The summed E-state index contributed by atoms with van der Waals surface area (Å²) in [5.74, 6) is 0. The fraction of sp³-hybridized carbons (Fsp3) is 0.167. The van der Waals surface area contributed by atoms with Gasteiger partial charge in [0.15, 0.2) is 0 Å². The van der Waals surface area contributed by atoms with Gasteiger partial charge in [-0.1, -0.05) is 27.5 Å². The van der Waals surface area contributed by atoms with Crippen molar-refractivity contribution in [2.24, 2.45) is 5.73 Å². The van der Waals surface area contributed by atoms with Crippen molar-refractivity contribution in [3.63, 3.8) is 0 Å². The van der Waals surface area contributed by atoms with Crippen LogP contribution in [-0.4, -0.2) is 0 Å². The van der Waals surface area contributed by atoms with Gasteiger partial charge in [0.05, 0.1) is 6.04 Å². The normalized spacial score (nSPS) is 12.8. The fourth-order valence-electron chi connectivity index (χ4n) is 1.54. The molecular weight excluding hydrogens is 306 g/mol. The maximum absolute atomic E-state index is 6.20. The lowest BCUT2D eigenvalue weighted by Gasteiger charge is -2.11. The molecule has 1 heterocycles. The van der Waals surface area contributed by atoms with E-state index in [0.29, 0.717) is 5.02 Å². The van der Waals surface area contributed by atoms with Crippen molar-refractivity contribution in [3.05, 3.63) is 55.1 Å². The van der Waals surface area contributed by atoms with Gasteiger partial charge < -0.3 is 5.73 Å². The summed E-state index contributed by atoms with van der Waals surface area (Å²) in [6.45, 7) is 2.08. The molecule has 0 radical (unpaired) electrons. The molecule has 0 fully saturated rings. The number of benzene rings is 1. The van der Waals surface area contributed by atoms with Gasteiger partial charge in [0.25, 0.3) is 0 Å². The van der Waals surface area contributed by atoms with Gasteiger partial charge in [0, 0.05) is 19.2 Å². The first kappa shape index (κ1) is 12.1. The minimum atomic E-state index is -0.103. The van der Waals surface area contributed by atoms with Crippen LogP contribution in [0.15, 0.2) is 34.8 Å². The quantitative estimate of drug-likeness (QED) is 0.866. The SMILES string of the molecule is Cc1ccc(C(N)c2cc(Cl)cc(Br)c2)s1. The first-order valence-electron chi connectivity index (χ1n) is 4.84. The van der Waals surface area contributed by atoms with Gasteiger partial charge in [-0.05, 0) is 42.8 Å². The molecule has 2 N–H and O–H groups in total. The van der Waals surface area contributed by atoms with E-state index in [1.807, 2.05) is 18.2 Å². The Bertz CT molecular complexity index is 489. The van der Waals surface area contributed by atoms with E-state index in [1.165, 1.54) is 4.88 Å². The Morgan fingerprint density at radius 3 is 2.62 bits per heavy atom. The van der Waals surface area contributed by atoms with Crippen LogP contribution in [0.4, 0.5) is 0 Å². The first-order valence-corrected chi connectivity index (χ1v) is 6.83. The lowest BCUT2D eigenvalue weighted by molar-refractivity contribution is 0.892. The van der Waals surface area contributed by atoms with Crippen LogP contribution in [0.1, 0.15) is 21.4 Å². The summed E-state index contributed by atoms with van der Waals surface area (Å²) in [7, 11) is 0. The molecule has 0 amide bonds. The molecule has 0 aliphatic rings. The first-order chi connectivity index (χ1) is 7.56. The third kappa shape index (κ3) is 2.66. The van der Waals surface area contributed by atoms with Crippen LogP contribution in [0.2, 0.25) is 5.02 Å². The van der Waals surface area contributed by atoms with Gasteiger partial charge in [-0.2, -0.15) is 0 Å². The average molecular weight is 317 g/mol. The lowest BCUT2D eigenvalue weighted by Crippen LogP contribution is -2.10. The van der Waals surface area contributed by atoms with Gasteiger partial charge >= 0.3 is 0 Å². The van der Waals surface area contributed by atoms with Crippen LogP contribution >= 0.6 is 38.9 Å². The minimum Gasteiger partial charge on any atom is -0.320 e. The molecule has 84 valence electrons. The Kier molecular flexibility index (Phi) is 3.70. The molecule has 1 aromatic heterocycles. The zero-order chi connectivity index (χ0) is 11.7. The summed E-state index contributed by atoms with van der Waals surface area (Å²) < 4.78 is 0.957. The number of halogens is 2. The van der Waals surface area contributed by atoms with Crippen LogP contribution < -0.4 is 5.73 Å². The summed E-state index contributed by atoms with van der Waals surface area (Å²) in [6.07, 6.45) is 0. The molecule has 1 unspecified atom stereocenters. The summed E-state index contributed by atoms with van der Waals surface area (Å²) in [5.41, 5.74) is 7.23. The highest BCUT2D eigenvalue weighted by molar-refractivity contribution is 9.10. The number of rotatable bonds is 2. The zero-order valence-electron chi connectivity index (χ0n) is 8.71. The van der Waals surface area contributed by atoms with Crippen molar-refractivity contribution in [1.29, 1.82) is 0 Å². The van der Waals surface area contributed by atoms with Crippen molar-refractivity contribution in [2.45, 2.75) is 13.0 Å². The van der Waals surface area contributed by atoms with Crippen molar-refractivity contribution < 1.29 is 0 Å². The number of hydrogen-bond donors (Lipinski definition) is 1. The molecule has 1 aromatic carbocycles. The Morgan fingerprint density at radius 1 is 1.31 bits per heavy atom. The molecule has 0 aliphatic heterocycles. The highest BCUT2D eigenvalue weighted by Crippen LogP contribution is 2.29. The maximum atomic E-state index is 6.20. The van der Waals surface area contributed by atoms with Crippen molar-refractivity contribution in [2.75, 3.05) is 0 Å². The van der Waals surface area contributed by atoms with Crippen molar-refractivity contribution >= 4 is 38.9 Å². The van der Waals surface area contributed by atoms with Gasteiger partial charge in [0.1, 0.15) is 0 Å².